The SMILES string of the molecule is Cc1nc2ccccc2c(=O)n1-c1ccc(C(=O)Nc2cccc(OCCn3cncn3)c2)cc1. The molecule has 35 heavy (non-hydrogen) atoms. The predicted octanol–water partition coefficient (Wildman–Crippen LogP) is 3.62. The molecular weight excluding hydrogens is 444 g/mol. The monoisotopic (exact) mass is 466 g/mol. The lowest BCUT2D eigenvalue weighted by atomic mass is 10.1. The number of benzene rings is 3. The molecule has 1 N–H and O–H groups in total. The number of aryl methyl sites for hydroxylation is 1. The van der Waals surface area contributed by atoms with Gasteiger partial charge in [0.05, 0.1) is 23.1 Å². The number of carbonyl (C=O) groups is 1. The quantitative estimate of drug-likeness (QED) is 0.393. The maximum absolute atomic E-state index is 13.0. The Labute approximate surface area is 200 Å². The smallest absolute Gasteiger partial charge is 0.265 e. The van der Waals surface area contributed by atoms with Crippen LogP contribution in [0, 0.1) is 6.92 Å². The topological polar surface area (TPSA) is 104 Å². The Bertz CT molecular complexity index is 1540. The minimum absolute atomic E-state index is 0.147. The van der Waals surface area contributed by atoms with E-state index in [9.17, 15) is 9.59 Å². The van der Waals surface area contributed by atoms with Crippen LogP contribution in [-0.4, -0.2) is 36.8 Å². The summed E-state index contributed by atoms with van der Waals surface area (Å²) in [4.78, 5) is 34.2. The van der Waals surface area contributed by atoms with Gasteiger partial charge in [-0.05, 0) is 55.5 Å². The van der Waals surface area contributed by atoms with Crippen molar-refractivity contribution in [3.63, 3.8) is 0 Å². The Hall–Kier alpha value is -4.79. The highest BCUT2D eigenvalue weighted by Crippen LogP contribution is 2.19. The van der Waals surface area contributed by atoms with Crippen molar-refractivity contribution in [1.29, 1.82) is 0 Å². The van der Waals surface area contributed by atoms with Crippen LogP contribution in [0.4, 0.5) is 5.69 Å². The predicted molar refractivity (Wildman–Crippen MR) is 132 cm³/mol. The summed E-state index contributed by atoms with van der Waals surface area (Å²) >= 11 is 0. The highest BCUT2D eigenvalue weighted by molar-refractivity contribution is 6.04. The van der Waals surface area contributed by atoms with Crippen molar-refractivity contribution in [2.24, 2.45) is 0 Å². The Morgan fingerprint density at radius 1 is 1.03 bits per heavy atom. The van der Waals surface area contributed by atoms with Gasteiger partial charge in [-0.1, -0.05) is 18.2 Å². The van der Waals surface area contributed by atoms with Crippen molar-refractivity contribution in [1.82, 2.24) is 24.3 Å². The van der Waals surface area contributed by atoms with E-state index in [4.69, 9.17) is 4.74 Å². The number of aromatic nitrogens is 5. The zero-order valence-corrected chi connectivity index (χ0v) is 19.0. The van der Waals surface area contributed by atoms with E-state index >= 15 is 0 Å². The molecule has 0 saturated heterocycles. The summed E-state index contributed by atoms with van der Waals surface area (Å²) in [7, 11) is 0. The molecule has 174 valence electrons. The lowest BCUT2D eigenvalue weighted by Gasteiger charge is -2.12. The van der Waals surface area contributed by atoms with Gasteiger partial charge in [0.2, 0.25) is 0 Å². The van der Waals surface area contributed by atoms with Gasteiger partial charge in [0.1, 0.15) is 30.8 Å². The third-order valence-electron chi connectivity index (χ3n) is 5.48. The van der Waals surface area contributed by atoms with Crippen LogP contribution in [0.2, 0.25) is 0 Å². The molecule has 0 aliphatic heterocycles. The molecule has 5 aromatic rings. The average molecular weight is 467 g/mol. The molecule has 0 atom stereocenters. The first-order valence-corrected chi connectivity index (χ1v) is 11.0. The lowest BCUT2D eigenvalue weighted by molar-refractivity contribution is 0.102. The number of carbonyl (C=O) groups excluding carboxylic acids is 1. The van der Waals surface area contributed by atoms with E-state index in [1.54, 1.807) is 65.0 Å². The Morgan fingerprint density at radius 2 is 1.86 bits per heavy atom. The van der Waals surface area contributed by atoms with Crippen molar-refractivity contribution < 1.29 is 9.53 Å². The molecular formula is C26H22N6O3. The maximum atomic E-state index is 13.0. The number of hydrogen-bond acceptors (Lipinski definition) is 6. The second-order valence-corrected chi connectivity index (χ2v) is 7.85. The molecule has 1 amide bonds. The standard InChI is InChI=1S/C26H22N6O3/c1-18-29-24-8-3-2-7-23(24)26(34)32(18)21-11-9-19(10-12-21)25(33)30-20-5-4-6-22(15-20)35-14-13-31-17-27-16-28-31/h2-12,15-17H,13-14H2,1H3,(H,30,33). The number of nitrogens with one attached hydrogen (secondary N) is 1. The van der Waals surface area contributed by atoms with Crippen LogP contribution in [-0.2, 0) is 6.54 Å². The molecule has 9 nitrogen and oxygen atoms in total. The number of amides is 1. The van der Waals surface area contributed by atoms with Crippen LogP contribution < -0.4 is 15.6 Å². The van der Waals surface area contributed by atoms with Crippen molar-refractivity contribution in [3.05, 3.63) is 107 Å². The summed E-state index contributed by atoms with van der Waals surface area (Å²) in [6.45, 7) is 2.78. The molecule has 9 heteroatoms. The molecule has 0 saturated carbocycles. The summed E-state index contributed by atoms with van der Waals surface area (Å²) < 4.78 is 8.97. The number of rotatable bonds is 7. The number of para-hydroxylation sites is 1. The molecule has 0 aliphatic rings. The van der Waals surface area contributed by atoms with Gasteiger partial charge in [-0.25, -0.2) is 14.6 Å². The first-order valence-electron chi connectivity index (χ1n) is 11.0. The molecule has 0 radical (unpaired) electrons. The summed E-state index contributed by atoms with van der Waals surface area (Å²) in [6, 6.07) is 21.3. The summed E-state index contributed by atoms with van der Waals surface area (Å²) in [5, 5.41) is 7.46. The number of hydrogen-bond donors (Lipinski definition) is 1. The van der Waals surface area contributed by atoms with Crippen LogP contribution in [0.25, 0.3) is 16.6 Å². The third-order valence-corrected chi connectivity index (χ3v) is 5.48. The Balaban J connectivity index is 1.28. The van der Waals surface area contributed by atoms with Crippen LogP contribution in [0.5, 0.6) is 5.75 Å². The van der Waals surface area contributed by atoms with E-state index in [1.165, 1.54) is 6.33 Å². The Kier molecular flexibility index (Phi) is 6.04. The van der Waals surface area contributed by atoms with E-state index in [0.717, 1.165) is 0 Å². The molecule has 0 bridgehead atoms. The van der Waals surface area contributed by atoms with Crippen molar-refractivity contribution >= 4 is 22.5 Å². The van der Waals surface area contributed by atoms with Crippen molar-refractivity contribution in [2.45, 2.75) is 13.5 Å². The van der Waals surface area contributed by atoms with E-state index < -0.39 is 0 Å². The fourth-order valence-electron chi connectivity index (χ4n) is 3.78. The summed E-state index contributed by atoms with van der Waals surface area (Å²) in [6.07, 6.45) is 3.10. The highest BCUT2D eigenvalue weighted by atomic mass is 16.5. The zero-order chi connectivity index (χ0) is 24.2. The van der Waals surface area contributed by atoms with Gasteiger partial charge in [-0.15, -0.1) is 0 Å². The summed E-state index contributed by atoms with van der Waals surface area (Å²) in [5.41, 5.74) is 2.23. The van der Waals surface area contributed by atoms with Gasteiger partial charge in [0.25, 0.3) is 11.5 Å². The van der Waals surface area contributed by atoms with Gasteiger partial charge in [-0.3, -0.25) is 14.2 Å². The second kappa shape index (κ2) is 9.60. The minimum Gasteiger partial charge on any atom is -0.492 e. The third kappa shape index (κ3) is 4.79. The molecule has 0 aliphatic carbocycles. The van der Waals surface area contributed by atoms with Crippen LogP contribution in [0.3, 0.4) is 0 Å². The van der Waals surface area contributed by atoms with E-state index in [0.29, 0.717) is 52.6 Å². The summed E-state index contributed by atoms with van der Waals surface area (Å²) in [5.74, 6) is 0.945. The molecule has 2 heterocycles. The first-order chi connectivity index (χ1) is 17.1. The van der Waals surface area contributed by atoms with Crippen LogP contribution in [0.1, 0.15) is 16.2 Å². The number of nitrogens with zero attached hydrogens (tertiary/aromatic N) is 5. The van der Waals surface area contributed by atoms with Gasteiger partial charge >= 0.3 is 0 Å². The van der Waals surface area contributed by atoms with Gasteiger partial charge in [0.15, 0.2) is 0 Å². The van der Waals surface area contributed by atoms with Crippen molar-refractivity contribution in [3.8, 4) is 11.4 Å². The van der Waals surface area contributed by atoms with Crippen LogP contribution >= 0.6 is 0 Å². The normalized spacial score (nSPS) is 10.9. The zero-order valence-electron chi connectivity index (χ0n) is 19.0. The first kappa shape index (κ1) is 22.0. The maximum Gasteiger partial charge on any atom is 0.265 e. The van der Waals surface area contributed by atoms with Gasteiger partial charge in [0, 0.05) is 17.3 Å². The fourth-order valence-corrected chi connectivity index (χ4v) is 3.78. The highest BCUT2D eigenvalue weighted by Gasteiger charge is 2.12. The molecule has 5 rings (SSSR count). The molecule has 3 aromatic carbocycles. The fraction of sp³-hybridized carbons (Fsp3) is 0.115. The minimum atomic E-state index is -0.267. The van der Waals surface area contributed by atoms with E-state index in [-0.39, 0.29) is 11.5 Å². The average Bonchev–Trinajstić information content (AvgIpc) is 3.38. The Morgan fingerprint density at radius 3 is 2.66 bits per heavy atom. The van der Waals surface area contributed by atoms with Gasteiger partial charge in [-0.2, -0.15) is 5.10 Å². The molecule has 0 fully saturated rings. The lowest BCUT2D eigenvalue weighted by Crippen LogP contribution is -2.22. The number of fused-ring (bicyclic) bond motifs is 1. The second-order valence-electron chi connectivity index (χ2n) is 7.85. The number of anilines is 1. The molecule has 2 aromatic heterocycles. The van der Waals surface area contributed by atoms with E-state index in [1.807, 2.05) is 30.3 Å². The molecule has 0 spiro atoms. The number of ether oxygens (including phenoxy) is 1. The van der Waals surface area contributed by atoms with Crippen molar-refractivity contribution in [2.75, 3.05) is 11.9 Å². The molecule has 0 unspecified atom stereocenters. The van der Waals surface area contributed by atoms with Gasteiger partial charge < -0.3 is 10.1 Å². The van der Waals surface area contributed by atoms with Crippen LogP contribution in [0.15, 0.2) is 90.2 Å². The van der Waals surface area contributed by atoms with E-state index in [2.05, 4.69) is 20.4 Å². The largest absolute Gasteiger partial charge is 0.492 e.